The summed E-state index contributed by atoms with van der Waals surface area (Å²) in [5.74, 6) is 2.43. The van der Waals surface area contributed by atoms with E-state index in [2.05, 4.69) is 10.3 Å². The second kappa shape index (κ2) is 7.49. The Morgan fingerprint density at radius 2 is 1.87 bits per heavy atom. The van der Waals surface area contributed by atoms with Gasteiger partial charge in [0, 0.05) is 12.1 Å². The summed E-state index contributed by atoms with van der Waals surface area (Å²) in [5.41, 5.74) is 1.41. The van der Waals surface area contributed by atoms with Crippen molar-refractivity contribution in [3.05, 3.63) is 18.2 Å². The molecule has 168 valence electrons. The number of thioether (sulfide) groups is 1. The third-order valence-corrected chi connectivity index (χ3v) is 9.41. The molecule has 4 aliphatic rings. The van der Waals surface area contributed by atoms with E-state index in [1.54, 1.807) is 6.07 Å². The molecular formula is C22H30N4O3S2. The first kappa shape index (κ1) is 21.3. The molecule has 4 saturated carbocycles. The van der Waals surface area contributed by atoms with Crippen LogP contribution in [-0.2, 0) is 21.4 Å². The van der Waals surface area contributed by atoms with Gasteiger partial charge in [-0.05, 0) is 88.3 Å². The third kappa shape index (κ3) is 3.89. The molecule has 2 aromatic rings. The van der Waals surface area contributed by atoms with Gasteiger partial charge in [0.15, 0.2) is 5.16 Å². The Morgan fingerprint density at radius 1 is 1.26 bits per heavy atom. The second-order valence-corrected chi connectivity index (χ2v) is 12.7. The number of carbonyl (C=O) groups is 1. The molecule has 4 fully saturated rings. The highest BCUT2D eigenvalue weighted by Crippen LogP contribution is 2.55. The van der Waals surface area contributed by atoms with Crippen molar-refractivity contribution in [3.8, 4) is 0 Å². The summed E-state index contributed by atoms with van der Waals surface area (Å²) in [5, 5.41) is 9.15. The maximum Gasteiger partial charge on any atom is 0.238 e. The van der Waals surface area contributed by atoms with Gasteiger partial charge in [-0.15, -0.1) is 0 Å². The molecule has 1 amide bonds. The molecule has 4 bridgehead atoms. The normalized spacial score (nSPS) is 30.6. The maximum absolute atomic E-state index is 13.2. The van der Waals surface area contributed by atoms with Gasteiger partial charge in [0.05, 0.1) is 21.2 Å². The van der Waals surface area contributed by atoms with E-state index in [0.29, 0.717) is 12.1 Å². The van der Waals surface area contributed by atoms with E-state index in [4.69, 9.17) is 5.14 Å². The predicted molar refractivity (Wildman–Crippen MR) is 121 cm³/mol. The fourth-order valence-corrected chi connectivity index (χ4v) is 8.02. The number of benzene rings is 1. The van der Waals surface area contributed by atoms with E-state index in [0.717, 1.165) is 47.7 Å². The number of hydrogen-bond donors (Lipinski definition) is 2. The van der Waals surface area contributed by atoms with E-state index in [1.807, 2.05) is 18.4 Å². The minimum absolute atomic E-state index is 0.00404. The number of aryl methyl sites for hydroxylation is 1. The lowest BCUT2D eigenvalue weighted by Gasteiger charge is -2.57. The number of nitrogens with zero attached hydrogens (tertiary/aromatic N) is 2. The summed E-state index contributed by atoms with van der Waals surface area (Å²) < 4.78 is 25.4. The number of rotatable bonds is 6. The highest BCUT2D eigenvalue weighted by Gasteiger charge is 2.51. The fourth-order valence-electron chi connectivity index (χ4n) is 6.50. The number of hydrogen-bond acceptors (Lipinski definition) is 5. The Bertz CT molecular complexity index is 1110. The highest BCUT2D eigenvalue weighted by molar-refractivity contribution is 8.00. The van der Waals surface area contributed by atoms with E-state index < -0.39 is 10.0 Å². The van der Waals surface area contributed by atoms with Gasteiger partial charge in [-0.2, -0.15) is 0 Å². The molecule has 9 heteroatoms. The van der Waals surface area contributed by atoms with Gasteiger partial charge in [0.25, 0.3) is 0 Å². The van der Waals surface area contributed by atoms with Crippen molar-refractivity contribution in [1.82, 2.24) is 14.9 Å². The first-order chi connectivity index (χ1) is 14.7. The monoisotopic (exact) mass is 462 g/mol. The van der Waals surface area contributed by atoms with Gasteiger partial charge in [-0.25, -0.2) is 18.5 Å². The van der Waals surface area contributed by atoms with Gasteiger partial charge in [-0.3, -0.25) is 4.79 Å². The van der Waals surface area contributed by atoms with Crippen LogP contribution in [0.4, 0.5) is 0 Å². The Kier molecular flexibility index (Phi) is 5.14. The van der Waals surface area contributed by atoms with Gasteiger partial charge < -0.3 is 9.88 Å². The zero-order valence-electron chi connectivity index (χ0n) is 18.0. The van der Waals surface area contributed by atoms with Crippen LogP contribution in [0.3, 0.4) is 0 Å². The van der Waals surface area contributed by atoms with Crippen molar-refractivity contribution in [2.75, 3.05) is 0 Å². The molecule has 1 atom stereocenters. The van der Waals surface area contributed by atoms with Crippen molar-refractivity contribution in [2.24, 2.45) is 22.9 Å². The molecule has 0 spiro atoms. The van der Waals surface area contributed by atoms with Crippen molar-refractivity contribution >= 4 is 38.7 Å². The van der Waals surface area contributed by atoms with Crippen LogP contribution < -0.4 is 10.5 Å². The molecular weight excluding hydrogens is 432 g/mol. The molecule has 3 N–H and O–H groups in total. The largest absolute Gasteiger partial charge is 0.350 e. The summed E-state index contributed by atoms with van der Waals surface area (Å²) in [6.45, 7) is 4.62. The smallest absolute Gasteiger partial charge is 0.238 e. The summed E-state index contributed by atoms with van der Waals surface area (Å²) >= 11 is 1.43. The second-order valence-electron chi connectivity index (χ2n) is 9.78. The van der Waals surface area contributed by atoms with Gasteiger partial charge in [0.1, 0.15) is 0 Å². The van der Waals surface area contributed by atoms with Crippen LogP contribution in [0.5, 0.6) is 0 Å². The van der Waals surface area contributed by atoms with Gasteiger partial charge in [-0.1, -0.05) is 11.8 Å². The molecule has 1 aromatic carbocycles. The minimum Gasteiger partial charge on any atom is -0.350 e. The lowest BCUT2D eigenvalue weighted by Crippen LogP contribution is -2.60. The summed E-state index contributed by atoms with van der Waals surface area (Å²) in [6, 6.07) is 4.74. The molecule has 1 heterocycles. The molecule has 31 heavy (non-hydrogen) atoms. The number of nitrogens with two attached hydrogens (primary N) is 1. The zero-order valence-corrected chi connectivity index (χ0v) is 19.6. The summed E-state index contributed by atoms with van der Waals surface area (Å²) in [4.78, 5) is 17.8. The van der Waals surface area contributed by atoms with Crippen LogP contribution in [0.15, 0.2) is 28.3 Å². The summed E-state index contributed by atoms with van der Waals surface area (Å²) in [7, 11) is -3.79. The molecule has 0 aliphatic heterocycles. The van der Waals surface area contributed by atoms with Crippen LogP contribution >= 0.6 is 11.8 Å². The van der Waals surface area contributed by atoms with Crippen LogP contribution in [0.25, 0.3) is 11.0 Å². The number of carbonyl (C=O) groups excluding carboxylic acids is 1. The summed E-state index contributed by atoms with van der Waals surface area (Å²) in [6.07, 6.45) is 7.44. The number of imidazole rings is 1. The molecule has 1 unspecified atom stereocenters. The quantitative estimate of drug-likeness (QED) is 0.641. The first-order valence-electron chi connectivity index (χ1n) is 11.2. The Morgan fingerprint density at radius 3 is 2.42 bits per heavy atom. The number of primary sulfonamides is 1. The topological polar surface area (TPSA) is 107 Å². The molecule has 0 saturated heterocycles. The average molecular weight is 463 g/mol. The van der Waals surface area contributed by atoms with E-state index >= 15 is 0 Å². The van der Waals surface area contributed by atoms with Crippen molar-refractivity contribution in [3.63, 3.8) is 0 Å². The predicted octanol–water partition coefficient (Wildman–Crippen LogP) is 3.27. The number of nitrogens with one attached hydrogen (secondary N) is 1. The van der Waals surface area contributed by atoms with Crippen LogP contribution in [-0.4, -0.2) is 34.7 Å². The van der Waals surface area contributed by atoms with Crippen molar-refractivity contribution < 1.29 is 13.2 Å². The Labute approximate surface area is 187 Å². The van der Waals surface area contributed by atoms with E-state index in [9.17, 15) is 13.2 Å². The van der Waals surface area contributed by atoms with Crippen LogP contribution in [0, 0.1) is 17.8 Å². The standard InChI is InChI=1S/C22H30N4O3S2/c1-3-26-19-5-4-17(31(23,28)29)9-18(19)24-21(26)30-13(2)20(27)25-22-10-14-6-15(11-22)8-16(7-14)12-22/h4-5,9,13-16H,3,6-8,10-12H2,1-2H3,(H,25,27)(H2,23,28,29). The third-order valence-electron chi connectivity index (χ3n) is 7.41. The molecule has 6 rings (SSSR count). The SMILES string of the molecule is CCn1c(SC(C)C(=O)NC23CC4CC(CC(C4)C2)C3)nc2cc(S(N)(=O)=O)ccc21. The lowest BCUT2D eigenvalue weighted by atomic mass is 9.53. The number of fused-ring (bicyclic) bond motifs is 1. The Balaban J connectivity index is 1.35. The molecule has 4 aliphatic carbocycles. The fraction of sp³-hybridized carbons (Fsp3) is 0.636. The van der Waals surface area contributed by atoms with Gasteiger partial charge in [0.2, 0.25) is 15.9 Å². The number of aromatic nitrogens is 2. The first-order valence-corrected chi connectivity index (χ1v) is 13.6. The maximum atomic E-state index is 13.2. The number of amides is 1. The molecule has 1 aromatic heterocycles. The number of sulfonamides is 1. The minimum atomic E-state index is -3.79. The lowest BCUT2D eigenvalue weighted by molar-refractivity contribution is -0.126. The molecule has 0 radical (unpaired) electrons. The highest BCUT2D eigenvalue weighted by atomic mass is 32.2. The van der Waals surface area contributed by atoms with E-state index in [1.165, 1.54) is 43.2 Å². The van der Waals surface area contributed by atoms with Crippen molar-refractivity contribution in [1.29, 1.82) is 0 Å². The van der Waals surface area contributed by atoms with E-state index in [-0.39, 0.29) is 21.6 Å². The average Bonchev–Trinajstić information content (AvgIpc) is 3.01. The molecule has 7 nitrogen and oxygen atoms in total. The van der Waals surface area contributed by atoms with Gasteiger partial charge >= 0.3 is 0 Å². The van der Waals surface area contributed by atoms with Crippen LogP contribution in [0.2, 0.25) is 0 Å². The van der Waals surface area contributed by atoms with Crippen molar-refractivity contribution in [2.45, 2.75) is 79.8 Å². The van der Waals surface area contributed by atoms with Crippen LogP contribution in [0.1, 0.15) is 52.4 Å². The Hall–Kier alpha value is -1.58. The zero-order chi connectivity index (χ0) is 22.0.